The van der Waals surface area contributed by atoms with Gasteiger partial charge in [0, 0.05) is 25.0 Å². The van der Waals surface area contributed by atoms with Crippen LogP contribution in [0.1, 0.15) is 42.5 Å². The monoisotopic (exact) mass is 451 g/mol. The normalized spacial score (nSPS) is 19.7. The number of halogens is 1. The second kappa shape index (κ2) is 7.18. The second-order valence-electron chi connectivity index (χ2n) is 9.17. The zero-order chi connectivity index (χ0) is 21.9. The van der Waals surface area contributed by atoms with E-state index in [0.29, 0.717) is 30.8 Å². The van der Waals surface area contributed by atoms with Crippen LogP contribution in [-0.2, 0) is 28.4 Å². The van der Waals surface area contributed by atoms with Gasteiger partial charge in [-0.1, -0.05) is 6.07 Å². The molecule has 2 aliphatic heterocycles. The van der Waals surface area contributed by atoms with Crippen molar-refractivity contribution in [1.82, 2.24) is 8.87 Å². The molecule has 1 saturated heterocycles. The fraction of sp³-hybridized carbons (Fsp3) is 0.360. The molecule has 2 aromatic carbocycles. The van der Waals surface area contributed by atoms with Gasteiger partial charge in [0.05, 0.1) is 21.8 Å². The van der Waals surface area contributed by atoms with Gasteiger partial charge in [-0.3, -0.25) is 0 Å². The van der Waals surface area contributed by atoms with Crippen LogP contribution in [0, 0.1) is 5.82 Å². The highest BCUT2D eigenvalue weighted by Gasteiger charge is 2.44. The van der Waals surface area contributed by atoms with E-state index < -0.39 is 15.6 Å². The molecule has 1 aromatic heterocycles. The predicted octanol–water partition coefficient (Wildman–Crippen LogP) is 4.60. The van der Waals surface area contributed by atoms with Crippen LogP contribution < -0.4 is 5.32 Å². The minimum absolute atomic E-state index is 0.283. The maximum absolute atomic E-state index is 13.9. The van der Waals surface area contributed by atoms with Gasteiger partial charge >= 0.3 is 0 Å². The summed E-state index contributed by atoms with van der Waals surface area (Å²) in [5.74, 6) is -0.283. The van der Waals surface area contributed by atoms with E-state index in [0.717, 1.165) is 36.3 Å². The van der Waals surface area contributed by atoms with Crippen molar-refractivity contribution < 1.29 is 12.8 Å². The maximum atomic E-state index is 13.9. The number of aryl methyl sites for hydroxylation is 2. The largest absolute Gasteiger partial charge is 0.372 e. The van der Waals surface area contributed by atoms with Crippen LogP contribution in [0.25, 0.3) is 5.69 Å². The first-order valence-electron chi connectivity index (χ1n) is 11.3. The number of fused-ring (bicyclic) bond motifs is 5. The van der Waals surface area contributed by atoms with E-state index in [9.17, 15) is 12.8 Å². The third-order valence-corrected chi connectivity index (χ3v) is 9.26. The highest BCUT2D eigenvalue weighted by atomic mass is 32.2. The van der Waals surface area contributed by atoms with E-state index in [4.69, 9.17) is 0 Å². The van der Waals surface area contributed by atoms with Gasteiger partial charge in [0.2, 0.25) is 10.0 Å². The fourth-order valence-electron chi connectivity index (χ4n) is 5.63. The number of anilines is 1. The number of hydrogen-bond donors (Lipinski definition) is 1. The van der Waals surface area contributed by atoms with Gasteiger partial charge < -0.3 is 9.88 Å². The molecule has 5 nitrogen and oxygen atoms in total. The second-order valence-corrected chi connectivity index (χ2v) is 11.1. The number of nitrogens with one attached hydrogen (secondary N) is 1. The lowest BCUT2D eigenvalue weighted by Crippen LogP contribution is -2.51. The molecule has 0 unspecified atom stereocenters. The Labute approximate surface area is 187 Å². The maximum Gasteiger partial charge on any atom is 0.243 e. The van der Waals surface area contributed by atoms with E-state index >= 15 is 0 Å². The van der Waals surface area contributed by atoms with E-state index in [-0.39, 0.29) is 5.82 Å². The average molecular weight is 452 g/mol. The van der Waals surface area contributed by atoms with Crippen LogP contribution in [-0.4, -0.2) is 30.4 Å². The molecule has 3 heterocycles. The molecule has 1 spiro atoms. The van der Waals surface area contributed by atoms with Crippen molar-refractivity contribution in [2.75, 3.05) is 18.4 Å². The van der Waals surface area contributed by atoms with Gasteiger partial charge in [0.1, 0.15) is 5.82 Å². The Kier molecular flexibility index (Phi) is 4.49. The first kappa shape index (κ1) is 20.0. The van der Waals surface area contributed by atoms with Crippen molar-refractivity contribution in [3.05, 3.63) is 77.4 Å². The summed E-state index contributed by atoms with van der Waals surface area (Å²) in [6.07, 6.45) is 7.53. The Morgan fingerprint density at radius 2 is 1.72 bits per heavy atom. The van der Waals surface area contributed by atoms with Gasteiger partial charge in [-0.15, -0.1) is 0 Å². The molecule has 166 valence electrons. The van der Waals surface area contributed by atoms with E-state index in [2.05, 4.69) is 16.0 Å². The number of benzene rings is 2. The van der Waals surface area contributed by atoms with Crippen molar-refractivity contribution in [2.45, 2.75) is 49.0 Å². The molecule has 0 bridgehead atoms. The van der Waals surface area contributed by atoms with Crippen molar-refractivity contribution in [3.63, 3.8) is 0 Å². The smallest absolute Gasteiger partial charge is 0.243 e. The minimum atomic E-state index is -3.54. The predicted molar refractivity (Wildman–Crippen MR) is 122 cm³/mol. The van der Waals surface area contributed by atoms with Crippen molar-refractivity contribution >= 4 is 15.7 Å². The highest BCUT2D eigenvalue weighted by molar-refractivity contribution is 7.89. The summed E-state index contributed by atoms with van der Waals surface area (Å²) < 4.78 is 44.5. The average Bonchev–Trinajstić information content (AvgIpc) is 3.30. The van der Waals surface area contributed by atoms with Crippen LogP contribution in [0.4, 0.5) is 10.1 Å². The number of aromatic nitrogens is 1. The van der Waals surface area contributed by atoms with Crippen LogP contribution in [0.3, 0.4) is 0 Å². The van der Waals surface area contributed by atoms with E-state index in [1.807, 2.05) is 24.4 Å². The summed E-state index contributed by atoms with van der Waals surface area (Å²) in [5.41, 5.74) is 4.82. The number of piperidine rings is 1. The summed E-state index contributed by atoms with van der Waals surface area (Å²) in [4.78, 5) is 0.404. The van der Waals surface area contributed by atoms with E-state index in [1.54, 1.807) is 16.4 Å². The topological polar surface area (TPSA) is 54.3 Å². The third-order valence-electron chi connectivity index (χ3n) is 7.36. The quantitative estimate of drug-likeness (QED) is 0.620. The third kappa shape index (κ3) is 3.02. The summed E-state index contributed by atoms with van der Waals surface area (Å²) in [6.45, 7) is 0.838. The first-order chi connectivity index (χ1) is 15.5. The molecule has 1 aliphatic carbocycles. The number of nitrogens with zero attached hydrogens (tertiary/aromatic N) is 2. The Hall–Kier alpha value is -2.64. The number of hydrogen-bond acceptors (Lipinski definition) is 3. The molecule has 0 saturated carbocycles. The van der Waals surface area contributed by atoms with Crippen molar-refractivity contribution in [2.24, 2.45) is 0 Å². The summed E-state index contributed by atoms with van der Waals surface area (Å²) in [5, 5.41) is 3.57. The van der Waals surface area contributed by atoms with Gasteiger partial charge in [0.15, 0.2) is 0 Å². The lowest BCUT2D eigenvalue weighted by Gasteiger charge is -2.45. The zero-order valence-corrected chi connectivity index (χ0v) is 18.7. The Morgan fingerprint density at radius 1 is 0.938 bits per heavy atom. The van der Waals surface area contributed by atoms with E-state index in [1.165, 1.54) is 29.7 Å². The van der Waals surface area contributed by atoms with Crippen LogP contribution >= 0.6 is 0 Å². The Bertz CT molecular complexity index is 1310. The summed E-state index contributed by atoms with van der Waals surface area (Å²) in [6, 6.07) is 14.5. The van der Waals surface area contributed by atoms with Crippen molar-refractivity contribution in [1.29, 1.82) is 0 Å². The van der Waals surface area contributed by atoms with Crippen LogP contribution in [0.15, 0.2) is 59.6 Å². The number of sulfonamides is 1. The van der Waals surface area contributed by atoms with Crippen molar-refractivity contribution in [3.8, 4) is 5.69 Å². The fourth-order valence-corrected chi connectivity index (χ4v) is 7.12. The standard InChI is InChI=1S/C25H26FN3O2S/c26-20-8-10-23-22(17-20)27-25(24-6-3-13-29(23)24)11-14-28(15-12-25)32(30,31)21-9-7-18-4-1-2-5-19(18)16-21/h3,6-10,13,16-17,27H,1-2,4-5,11-12,14-15H2. The molecule has 7 heteroatoms. The molecule has 3 aliphatic rings. The molecule has 0 amide bonds. The van der Waals surface area contributed by atoms with Crippen LogP contribution in [0.2, 0.25) is 0 Å². The van der Waals surface area contributed by atoms with Crippen LogP contribution in [0.5, 0.6) is 0 Å². The summed E-state index contributed by atoms with van der Waals surface area (Å²) >= 11 is 0. The Morgan fingerprint density at radius 3 is 2.53 bits per heavy atom. The molecule has 0 radical (unpaired) electrons. The first-order valence-corrected chi connectivity index (χ1v) is 12.8. The molecule has 1 fully saturated rings. The Balaban J connectivity index is 1.28. The van der Waals surface area contributed by atoms with Gasteiger partial charge in [-0.25, -0.2) is 12.8 Å². The summed E-state index contributed by atoms with van der Waals surface area (Å²) in [7, 11) is -3.54. The van der Waals surface area contributed by atoms with Gasteiger partial charge in [-0.05, 0) is 92.1 Å². The van der Waals surface area contributed by atoms with Gasteiger partial charge in [0.25, 0.3) is 0 Å². The van der Waals surface area contributed by atoms with Gasteiger partial charge in [-0.2, -0.15) is 4.31 Å². The highest BCUT2D eigenvalue weighted by Crippen LogP contribution is 2.44. The molecule has 1 N–H and O–H groups in total. The molecule has 6 rings (SSSR count). The molecular formula is C25H26FN3O2S. The molecular weight excluding hydrogens is 425 g/mol. The number of rotatable bonds is 2. The molecule has 0 atom stereocenters. The minimum Gasteiger partial charge on any atom is -0.372 e. The molecule has 32 heavy (non-hydrogen) atoms. The molecule has 3 aromatic rings. The zero-order valence-electron chi connectivity index (χ0n) is 17.9. The lowest BCUT2D eigenvalue weighted by molar-refractivity contribution is 0.247. The lowest BCUT2D eigenvalue weighted by atomic mass is 9.83. The SMILES string of the molecule is O=S(=O)(c1ccc2c(c1)CCCC2)N1CCC2(CC1)Nc1cc(F)ccc1-n1cccc12.